The highest BCUT2D eigenvalue weighted by atomic mass is 32.1. The first-order valence-electron chi connectivity index (χ1n) is 5.53. The van der Waals surface area contributed by atoms with Crippen molar-refractivity contribution in [3.63, 3.8) is 0 Å². The number of carbonyl (C=O) groups excluding carboxylic acids is 1. The van der Waals surface area contributed by atoms with Crippen LogP contribution >= 0.6 is 11.5 Å². The van der Waals surface area contributed by atoms with Crippen LogP contribution in [0.1, 0.15) is 42.4 Å². The summed E-state index contributed by atoms with van der Waals surface area (Å²) < 4.78 is 4.32. The number of aromatic nitrogens is 2. The summed E-state index contributed by atoms with van der Waals surface area (Å²) in [4.78, 5) is 16.1. The summed E-state index contributed by atoms with van der Waals surface area (Å²) in [6.45, 7) is 1.93. The number of nitrogens with one attached hydrogen (secondary N) is 1. The summed E-state index contributed by atoms with van der Waals surface area (Å²) in [5, 5.41) is 0.951. The average Bonchev–Trinajstić information content (AvgIpc) is 2.75. The minimum Gasteiger partial charge on any atom is -0.294 e. The second kappa shape index (κ2) is 4.88. The number of rotatable bonds is 2. The van der Waals surface area contributed by atoms with Gasteiger partial charge < -0.3 is 0 Å². The molecule has 1 aromatic heterocycles. The number of amides is 1. The molecule has 1 aromatic rings. The van der Waals surface area contributed by atoms with E-state index < -0.39 is 0 Å². The molecule has 1 aliphatic carbocycles. The lowest BCUT2D eigenvalue weighted by molar-refractivity contribution is -0.126. The smallest absolute Gasteiger partial charge is 0.237 e. The summed E-state index contributed by atoms with van der Waals surface area (Å²) in [6, 6.07) is 0. The van der Waals surface area contributed by atoms with Crippen molar-refractivity contribution in [1.29, 1.82) is 0 Å². The van der Waals surface area contributed by atoms with Gasteiger partial charge in [-0.25, -0.2) is 10.8 Å². The molecule has 0 radical (unpaired) electrons. The molecule has 5 nitrogen and oxygen atoms in total. The highest BCUT2D eigenvalue weighted by Gasteiger charge is 2.33. The molecule has 2 atom stereocenters. The van der Waals surface area contributed by atoms with Crippen LogP contribution in [0.5, 0.6) is 0 Å². The molecule has 0 spiro atoms. The number of hydrogen-bond acceptors (Lipinski definition) is 5. The maximum Gasteiger partial charge on any atom is 0.237 e. The fourth-order valence-corrected chi connectivity index (χ4v) is 2.86. The number of carbonyl (C=O) groups is 1. The summed E-state index contributed by atoms with van der Waals surface area (Å²) >= 11 is 1.40. The van der Waals surface area contributed by atoms with Crippen LogP contribution in [-0.4, -0.2) is 15.3 Å². The number of hydrazine groups is 1. The summed E-state index contributed by atoms with van der Waals surface area (Å²) in [6.07, 6.45) is 4.08. The molecular formula is C10H16N4OS. The maximum absolute atomic E-state index is 11.7. The van der Waals surface area contributed by atoms with Crippen LogP contribution in [0.25, 0.3) is 0 Å². The molecule has 0 saturated heterocycles. The van der Waals surface area contributed by atoms with E-state index in [0.29, 0.717) is 0 Å². The molecule has 88 valence electrons. The third-order valence-corrected chi connectivity index (χ3v) is 3.75. The Kier molecular flexibility index (Phi) is 3.50. The first-order chi connectivity index (χ1) is 7.72. The van der Waals surface area contributed by atoms with Crippen LogP contribution < -0.4 is 11.3 Å². The zero-order valence-corrected chi connectivity index (χ0v) is 10.1. The molecule has 2 unspecified atom stereocenters. The van der Waals surface area contributed by atoms with Crippen molar-refractivity contribution in [2.75, 3.05) is 0 Å². The molecule has 1 amide bonds. The number of nitrogens with zero attached hydrogens (tertiary/aromatic N) is 2. The van der Waals surface area contributed by atoms with Gasteiger partial charge in [0.15, 0.2) is 0 Å². The molecular weight excluding hydrogens is 224 g/mol. The summed E-state index contributed by atoms with van der Waals surface area (Å²) in [5.74, 6) is 6.02. The van der Waals surface area contributed by atoms with Crippen molar-refractivity contribution in [2.45, 2.75) is 38.5 Å². The highest BCUT2D eigenvalue weighted by Crippen LogP contribution is 2.36. The zero-order chi connectivity index (χ0) is 11.5. The average molecular weight is 240 g/mol. The van der Waals surface area contributed by atoms with Gasteiger partial charge in [-0.3, -0.25) is 10.2 Å². The Morgan fingerprint density at radius 2 is 2.25 bits per heavy atom. The van der Waals surface area contributed by atoms with Gasteiger partial charge in [0, 0.05) is 11.8 Å². The van der Waals surface area contributed by atoms with Crippen LogP contribution in [-0.2, 0) is 4.79 Å². The van der Waals surface area contributed by atoms with E-state index in [9.17, 15) is 4.79 Å². The van der Waals surface area contributed by atoms with E-state index in [1.54, 1.807) is 0 Å². The Balaban J connectivity index is 2.19. The lowest BCUT2D eigenvalue weighted by Crippen LogP contribution is -2.39. The highest BCUT2D eigenvalue weighted by molar-refractivity contribution is 7.05. The fraction of sp³-hybridized carbons (Fsp3) is 0.700. The van der Waals surface area contributed by atoms with Crippen LogP contribution in [0.15, 0.2) is 0 Å². The second-order valence-corrected chi connectivity index (χ2v) is 5.13. The minimum absolute atomic E-state index is 0.0623. The van der Waals surface area contributed by atoms with Gasteiger partial charge >= 0.3 is 0 Å². The standard InChI is InChI=1S/C10H16N4OS/c1-6-12-9(14-16-6)7-4-2-3-5-8(7)10(15)13-11/h7-8H,2-5,11H2,1H3,(H,13,15). The van der Waals surface area contributed by atoms with Crippen LogP contribution in [0.3, 0.4) is 0 Å². The van der Waals surface area contributed by atoms with Gasteiger partial charge in [0.2, 0.25) is 5.91 Å². The predicted octanol–water partition coefficient (Wildman–Crippen LogP) is 1.11. The van der Waals surface area contributed by atoms with Crippen molar-refractivity contribution in [3.8, 4) is 0 Å². The molecule has 16 heavy (non-hydrogen) atoms. The van der Waals surface area contributed by atoms with Gasteiger partial charge in [-0.2, -0.15) is 4.37 Å². The van der Waals surface area contributed by atoms with Gasteiger partial charge in [0.1, 0.15) is 10.8 Å². The molecule has 0 aromatic carbocycles. The Morgan fingerprint density at radius 3 is 2.88 bits per heavy atom. The number of hydrogen-bond donors (Lipinski definition) is 2. The molecule has 6 heteroatoms. The van der Waals surface area contributed by atoms with Crippen molar-refractivity contribution in [1.82, 2.24) is 14.8 Å². The fourth-order valence-electron chi connectivity index (χ4n) is 2.33. The Hall–Kier alpha value is -1.01. The van der Waals surface area contributed by atoms with Gasteiger partial charge in [0.25, 0.3) is 0 Å². The Morgan fingerprint density at radius 1 is 1.50 bits per heavy atom. The number of nitrogens with two attached hydrogens (primary N) is 1. The molecule has 3 N–H and O–H groups in total. The predicted molar refractivity (Wildman–Crippen MR) is 61.7 cm³/mol. The molecule has 1 heterocycles. The normalized spacial score (nSPS) is 25.4. The largest absolute Gasteiger partial charge is 0.294 e. The van der Waals surface area contributed by atoms with E-state index in [4.69, 9.17) is 5.84 Å². The van der Waals surface area contributed by atoms with E-state index in [0.717, 1.165) is 36.5 Å². The molecule has 0 aliphatic heterocycles. The van der Waals surface area contributed by atoms with E-state index in [1.165, 1.54) is 11.5 Å². The lowest BCUT2D eigenvalue weighted by Gasteiger charge is -2.27. The van der Waals surface area contributed by atoms with E-state index in [-0.39, 0.29) is 17.7 Å². The van der Waals surface area contributed by atoms with Crippen molar-refractivity contribution in [2.24, 2.45) is 11.8 Å². The zero-order valence-electron chi connectivity index (χ0n) is 9.27. The van der Waals surface area contributed by atoms with Crippen LogP contribution in [0.4, 0.5) is 0 Å². The van der Waals surface area contributed by atoms with Crippen LogP contribution in [0.2, 0.25) is 0 Å². The third kappa shape index (κ3) is 2.22. The van der Waals surface area contributed by atoms with Crippen molar-refractivity contribution < 1.29 is 4.79 Å². The Bertz CT molecular complexity index is 379. The van der Waals surface area contributed by atoms with E-state index in [2.05, 4.69) is 14.8 Å². The topological polar surface area (TPSA) is 80.9 Å². The maximum atomic E-state index is 11.7. The molecule has 2 rings (SSSR count). The third-order valence-electron chi connectivity index (χ3n) is 3.12. The summed E-state index contributed by atoms with van der Waals surface area (Å²) in [7, 11) is 0. The summed E-state index contributed by atoms with van der Waals surface area (Å²) in [5.41, 5.74) is 2.25. The molecule has 0 bridgehead atoms. The van der Waals surface area contributed by atoms with E-state index in [1.807, 2.05) is 6.92 Å². The quantitative estimate of drug-likeness (QED) is 0.461. The SMILES string of the molecule is Cc1nc(C2CCCCC2C(=O)NN)ns1. The first-order valence-corrected chi connectivity index (χ1v) is 6.30. The minimum atomic E-state index is -0.0860. The van der Waals surface area contributed by atoms with Crippen molar-refractivity contribution in [3.05, 3.63) is 10.8 Å². The molecule has 1 saturated carbocycles. The van der Waals surface area contributed by atoms with Crippen LogP contribution in [0, 0.1) is 12.8 Å². The number of aryl methyl sites for hydroxylation is 1. The van der Waals surface area contributed by atoms with E-state index >= 15 is 0 Å². The molecule has 1 aliphatic rings. The van der Waals surface area contributed by atoms with Gasteiger partial charge in [0.05, 0.1) is 0 Å². The monoisotopic (exact) mass is 240 g/mol. The lowest BCUT2D eigenvalue weighted by atomic mass is 9.78. The van der Waals surface area contributed by atoms with Gasteiger partial charge in [-0.15, -0.1) is 0 Å². The second-order valence-electron chi connectivity index (χ2n) is 4.18. The molecule has 1 fully saturated rings. The Labute approximate surface area is 98.6 Å². The van der Waals surface area contributed by atoms with Gasteiger partial charge in [-0.1, -0.05) is 12.8 Å². The van der Waals surface area contributed by atoms with Gasteiger partial charge in [-0.05, 0) is 31.3 Å². The van der Waals surface area contributed by atoms with Crippen molar-refractivity contribution >= 4 is 17.4 Å². The first kappa shape index (κ1) is 11.5.